The Kier molecular flexibility index (Phi) is 42.3. The van der Waals surface area contributed by atoms with E-state index in [0.29, 0.717) is 12.8 Å². The van der Waals surface area contributed by atoms with Crippen molar-refractivity contribution >= 4 is 44.1 Å². The largest absolute Gasteiger partial charge is 1.00 e. The molecule has 0 amide bonds. The van der Waals surface area contributed by atoms with Crippen LogP contribution in [0.25, 0.3) is 0 Å². The summed E-state index contributed by atoms with van der Waals surface area (Å²) in [6.07, 6.45) is 20.9. The van der Waals surface area contributed by atoms with Gasteiger partial charge >= 0.3 is 71.1 Å². The Morgan fingerprint density at radius 1 is 0.481 bits per heavy atom. The van der Waals surface area contributed by atoms with Crippen molar-refractivity contribution in [2.75, 3.05) is 24.7 Å². The Labute approximate surface area is 356 Å². The summed E-state index contributed by atoms with van der Waals surface area (Å²) < 4.78 is 70.6. The summed E-state index contributed by atoms with van der Waals surface area (Å²) in [5.41, 5.74) is 0. The van der Waals surface area contributed by atoms with Crippen LogP contribution in [0.15, 0.2) is 0 Å². The van der Waals surface area contributed by atoms with Gasteiger partial charge in [0.2, 0.25) is 0 Å². The molecule has 0 heterocycles. The molecule has 0 radical (unpaired) electrons. The Balaban J connectivity index is -0.000000427. The van der Waals surface area contributed by atoms with Gasteiger partial charge in [-0.05, 0) is 12.8 Å². The molecule has 0 spiro atoms. The van der Waals surface area contributed by atoms with Gasteiger partial charge in [0, 0.05) is 24.8 Å². The van der Waals surface area contributed by atoms with Crippen LogP contribution < -0.4 is 69.3 Å². The zero-order valence-corrected chi connectivity index (χ0v) is 37.8. The van der Waals surface area contributed by atoms with Gasteiger partial charge in [-0.1, -0.05) is 129 Å². The second-order valence-electron chi connectivity index (χ2n) is 12.7. The maximum Gasteiger partial charge on any atom is 1.00 e. The molecule has 0 aromatic heterocycles. The van der Waals surface area contributed by atoms with Gasteiger partial charge in [0.15, 0.2) is 0 Å². The fraction of sp³-hybridized carbons (Fsp3) is 0.882. The number of rotatable bonds is 32. The van der Waals surface area contributed by atoms with Crippen molar-refractivity contribution in [2.45, 2.75) is 155 Å². The van der Waals surface area contributed by atoms with Gasteiger partial charge in [-0.25, -0.2) is 0 Å². The summed E-state index contributed by atoms with van der Waals surface area (Å²) in [7, 11) is -8.92. The molecule has 0 bridgehead atoms. The third kappa shape index (κ3) is 44.1. The number of unbranched alkanes of at least 4 members (excludes halogenated alkanes) is 18. The number of esters is 2. The minimum Gasteiger partial charge on any atom is -0.550 e. The Bertz CT molecular complexity index is 1050. The van der Waals surface area contributed by atoms with Crippen LogP contribution in [-0.4, -0.2) is 74.5 Å². The molecule has 52 heavy (non-hydrogen) atoms. The third-order valence-electron chi connectivity index (χ3n) is 7.80. The zero-order valence-electron chi connectivity index (χ0n) is 32.1. The molecular formula is C34H62Na2O14S2. The second-order valence-corrected chi connectivity index (χ2v) is 15.7. The Morgan fingerprint density at radius 3 is 0.923 bits per heavy atom. The maximum absolute atomic E-state index is 11.7. The van der Waals surface area contributed by atoms with Crippen LogP contribution in [-0.2, 0) is 48.9 Å². The summed E-state index contributed by atoms with van der Waals surface area (Å²) >= 11 is 0. The minimum absolute atomic E-state index is 0. The first kappa shape index (κ1) is 58.4. The van der Waals surface area contributed by atoms with Crippen molar-refractivity contribution in [3.05, 3.63) is 0 Å². The molecule has 2 N–H and O–H groups in total. The van der Waals surface area contributed by atoms with E-state index in [-0.39, 0.29) is 72.3 Å². The van der Waals surface area contributed by atoms with Gasteiger partial charge in [-0.15, -0.1) is 0 Å². The van der Waals surface area contributed by atoms with Gasteiger partial charge in [-0.2, -0.15) is 16.8 Å². The molecule has 14 nitrogen and oxygen atoms in total. The van der Waals surface area contributed by atoms with Gasteiger partial charge in [0.1, 0.15) is 0 Å². The minimum atomic E-state index is -4.46. The summed E-state index contributed by atoms with van der Waals surface area (Å²) in [6, 6.07) is 0. The van der Waals surface area contributed by atoms with E-state index in [4.69, 9.17) is 18.6 Å². The topological polar surface area (TPSA) is 242 Å². The molecule has 0 aromatic rings. The molecule has 2 unspecified atom stereocenters. The van der Waals surface area contributed by atoms with E-state index in [9.17, 15) is 46.2 Å². The predicted octanol–water partition coefficient (Wildman–Crippen LogP) is -1.80. The van der Waals surface area contributed by atoms with Crippen molar-refractivity contribution in [3.8, 4) is 0 Å². The van der Waals surface area contributed by atoms with Crippen LogP contribution in [0.5, 0.6) is 0 Å². The summed E-state index contributed by atoms with van der Waals surface area (Å²) in [5.74, 6) is -9.83. The van der Waals surface area contributed by atoms with E-state index in [1.165, 1.54) is 77.0 Å². The van der Waals surface area contributed by atoms with E-state index < -0.39 is 80.3 Å². The van der Waals surface area contributed by atoms with Crippen LogP contribution >= 0.6 is 0 Å². The van der Waals surface area contributed by atoms with Crippen molar-refractivity contribution in [2.24, 2.45) is 11.8 Å². The van der Waals surface area contributed by atoms with Crippen LogP contribution in [0.2, 0.25) is 0 Å². The molecule has 0 aromatic carbocycles. The smallest absolute Gasteiger partial charge is 0.550 e. The van der Waals surface area contributed by atoms with Crippen LogP contribution in [0, 0.1) is 11.8 Å². The molecule has 0 saturated carbocycles. The number of hydrogen-bond donors (Lipinski definition) is 2. The Morgan fingerprint density at radius 2 is 0.712 bits per heavy atom. The first-order valence-electron chi connectivity index (χ1n) is 18.2. The van der Waals surface area contributed by atoms with Crippen LogP contribution in [0.3, 0.4) is 0 Å². The maximum atomic E-state index is 11.7. The molecule has 18 heteroatoms. The predicted molar refractivity (Wildman–Crippen MR) is 185 cm³/mol. The fourth-order valence-corrected chi connectivity index (χ4v) is 6.62. The van der Waals surface area contributed by atoms with Crippen molar-refractivity contribution < 1.29 is 124 Å². The number of carboxylic acids is 2. The Hall–Kier alpha value is -0.300. The average molecular weight is 805 g/mol. The first-order chi connectivity index (χ1) is 23.5. The van der Waals surface area contributed by atoms with E-state index >= 15 is 0 Å². The number of aliphatic carboxylic acids is 2. The molecule has 296 valence electrons. The molecule has 0 rings (SSSR count). The molecule has 0 aliphatic heterocycles. The van der Waals surface area contributed by atoms with Crippen molar-refractivity contribution in [1.29, 1.82) is 0 Å². The molecule has 0 fully saturated rings. The van der Waals surface area contributed by atoms with Crippen molar-refractivity contribution in [3.63, 3.8) is 0 Å². The normalized spacial score (nSPS) is 12.2. The summed E-state index contributed by atoms with van der Waals surface area (Å²) in [6.45, 7) is 4.61. The summed E-state index contributed by atoms with van der Waals surface area (Å²) in [4.78, 5) is 44.6. The molecule has 0 aliphatic carbocycles. The first-order valence-corrected chi connectivity index (χ1v) is 21.4. The van der Waals surface area contributed by atoms with Gasteiger partial charge in [0.25, 0.3) is 20.2 Å². The van der Waals surface area contributed by atoms with Crippen LogP contribution in [0.1, 0.15) is 155 Å². The fourth-order valence-electron chi connectivity index (χ4n) is 5.09. The molecular weight excluding hydrogens is 742 g/mol. The number of hydrogen-bond acceptors (Lipinski definition) is 12. The van der Waals surface area contributed by atoms with Gasteiger partial charge < -0.3 is 29.3 Å². The van der Waals surface area contributed by atoms with E-state index in [0.717, 1.165) is 38.5 Å². The summed E-state index contributed by atoms with van der Waals surface area (Å²) in [5, 5.41) is 21.1. The van der Waals surface area contributed by atoms with E-state index in [2.05, 4.69) is 13.8 Å². The van der Waals surface area contributed by atoms with Crippen molar-refractivity contribution in [1.82, 2.24) is 0 Å². The van der Waals surface area contributed by atoms with E-state index in [1.807, 2.05) is 0 Å². The monoisotopic (exact) mass is 804 g/mol. The number of carbonyl (C=O) groups is 4. The third-order valence-corrected chi connectivity index (χ3v) is 9.45. The van der Waals surface area contributed by atoms with E-state index in [1.54, 1.807) is 0 Å². The molecule has 0 saturated heterocycles. The number of ether oxygens (including phenoxy) is 2. The average Bonchev–Trinajstić information content (AvgIpc) is 3.00. The quantitative estimate of drug-likeness (QED) is 0.0330. The molecule has 0 aliphatic rings. The second kappa shape index (κ2) is 37.6. The SMILES string of the molecule is CCCCCCCCCCCCOC(=O)C(CC(=O)[O-])CS(=O)(=O)O.CCCCCCCCCCCCOC(=O)C(CC(=O)[O-])CS(=O)(=O)O.[Na+].[Na+]. The van der Waals surface area contributed by atoms with Gasteiger partial charge in [-0.3, -0.25) is 18.7 Å². The standard InChI is InChI=1S/2C17H32O7S.2Na/c2*1-2-3-4-5-6-7-8-9-10-11-12-24-17(20)15(13-16(18)19)14-25(21,22)23;;/h2*15H,2-14H2,1H3,(H,18,19)(H,21,22,23);;/q;;2*+1/p-2. The zero-order chi connectivity index (χ0) is 38.3. The van der Waals surface area contributed by atoms with Crippen LogP contribution in [0.4, 0.5) is 0 Å². The molecule has 2 atom stereocenters. The van der Waals surface area contributed by atoms with Gasteiger partial charge in [0.05, 0.1) is 36.6 Å². The number of carboxylic acid groups (broad SMARTS) is 2. The number of carbonyl (C=O) groups excluding carboxylic acids is 4.